The van der Waals surface area contributed by atoms with Gasteiger partial charge in [0.15, 0.2) is 4.80 Å². The third-order valence-electron chi connectivity index (χ3n) is 6.33. The number of fused-ring (bicyclic) bond motifs is 1. The Bertz CT molecular complexity index is 1740. The molecule has 0 aliphatic carbocycles. The summed E-state index contributed by atoms with van der Waals surface area (Å²) in [4.78, 5) is 31.9. The normalized spacial score (nSPS) is 15.1. The molecule has 6 nitrogen and oxygen atoms in total. The fourth-order valence-electron chi connectivity index (χ4n) is 4.43. The van der Waals surface area contributed by atoms with Crippen molar-refractivity contribution in [3.63, 3.8) is 0 Å². The smallest absolute Gasteiger partial charge is 0.338 e. The van der Waals surface area contributed by atoms with Crippen molar-refractivity contribution in [3.05, 3.63) is 129 Å². The number of esters is 1. The highest BCUT2D eigenvalue weighted by atomic mass is 127. The topological polar surface area (TPSA) is 69.9 Å². The largest absolute Gasteiger partial charge is 0.488 e. The molecule has 0 fully saturated rings. The Morgan fingerprint density at radius 2 is 1.87 bits per heavy atom. The summed E-state index contributed by atoms with van der Waals surface area (Å²) in [6, 6.07) is 22.2. The summed E-state index contributed by atoms with van der Waals surface area (Å²) in [6.07, 6.45) is 2.39. The van der Waals surface area contributed by atoms with Crippen molar-refractivity contribution in [2.45, 2.75) is 26.0 Å². The number of hydrogen-bond donors (Lipinski definition) is 0. The third-order valence-corrected chi connectivity index (χ3v) is 8.40. The molecule has 2 heterocycles. The van der Waals surface area contributed by atoms with Gasteiger partial charge >= 0.3 is 5.97 Å². The molecule has 4 aromatic rings. The Hall–Kier alpha value is -3.21. The molecule has 0 unspecified atom stereocenters. The van der Waals surface area contributed by atoms with Gasteiger partial charge in [-0.3, -0.25) is 9.36 Å². The van der Waals surface area contributed by atoms with Gasteiger partial charge in [0.05, 0.1) is 32.5 Å². The number of rotatable bonds is 7. The van der Waals surface area contributed by atoms with Crippen LogP contribution in [-0.2, 0) is 16.1 Å². The van der Waals surface area contributed by atoms with Gasteiger partial charge in [0, 0.05) is 5.02 Å². The zero-order valence-corrected chi connectivity index (χ0v) is 24.9. The van der Waals surface area contributed by atoms with Crippen LogP contribution in [-0.4, -0.2) is 17.6 Å². The second kappa shape index (κ2) is 11.9. The minimum Gasteiger partial charge on any atom is -0.488 e. The molecule has 5 rings (SSSR count). The minimum absolute atomic E-state index is 0.206. The first kappa shape index (κ1) is 27.4. The van der Waals surface area contributed by atoms with E-state index >= 15 is 0 Å². The van der Waals surface area contributed by atoms with E-state index in [2.05, 4.69) is 22.6 Å². The maximum Gasteiger partial charge on any atom is 0.338 e. The lowest BCUT2D eigenvalue weighted by molar-refractivity contribution is -0.136. The van der Waals surface area contributed by atoms with Crippen LogP contribution in [0.5, 0.6) is 5.75 Å². The van der Waals surface area contributed by atoms with Gasteiger partial charge in [-0.05, 0) is 76.0 Å². The molecule has 0 N–H and O–H groups in total. The van der Waals surface area contributed by atoms with Gasteiger partial charge in [-0.15, -0.1) is 0 Å². The highest BCUT2D eigenvalue weighted by Crippen LogP contribution is 2.31. The van der Waals surface area contributed by atoms with E-state index in [9.17, 15) is 9.59 Å². The van der Waals surface area contributed by atoms with E-state index in [0.29, 0.717) is 38.7 Å². The fraction of sp³-hybridized carbons (Fsp3) is 0.167. The van der Waals surface area contributed by atoms with Gasteiger partial charge in [0.2, 0.25) is 0 Å². The molecular formula is C30H24ClIN2O4S. The third kappa shape index (κ3) is 5.73. The Balaban J connectivity index is 1.53. The van der Waals surface area contributed by atoms with Crippen molar-refractivity contribution in [2.75, 3.05) is 7.11 Å². The zero-order chi connectivity index (χ0) is 27.5. The van der Waals surface area contributed by atoms with Crippen LogP contribution < -0.4 is 19.6 Å². The van der Waals surface area contributed by atoms with Crippen molar-refractivity contribution in [2.24, 2.45) is 4.99 Å². The number of aromatic nitrogens is 1. The van der Waals surface area contributed by atoms with Gasteiger partial charge in [0.1, 0.15) is 12.4 Å². The summed E-state index contributed by atoms with van der Waals surface area (Å²) >= 11 is 9.51. The SMILES string of the molecule is CCC1=C(C(=O)OC)[C@@H](c2ccccc2)n2c(s/c(=C\c3ccc(OCc4ccc(Cl)cc4)c(I)c3)c2=O)=N1. The number of methoxy groups -OCH3 is 1. The molecule has 1 aromatic heterocycles. The van der Waals surface area contributed by atoms with Crippen LogP contribution in [0.3, 0.4) is 0 Å². The molecule has 0 amide bonds. The van der Waals surface area contributed by atoms with Crippen molar-refractivity contribution in [1.29, 1.82) is 0 Å². The van der Waals surface area contributed by atoms with Gasteiger partial charge < -0.3 is 9.47 Å². The van der Waals surface area contributed by atoms with Crippen LogP contribution >= 0.6 is 45.5 Å². The van der Waals surface area contributed by atoms with Gasteiger partial charge in [0.25, 0.3) is 5.56 Å². The Labute approximate surface area is 248 Å². The van der Waals surface area contributed by atoms with Gasteiger partial charge in [-0.2, -0.15) is 0 Å². The summed E-state index contributed by atoms with van der Waals surface area (Å²) in [5.41, 5.74) is 3.52. The number of ether oxygens (including phenoxy) is 2. The summed E-state index contributed by atoms with van der Waals surface area (Å²) in [5.74, 6) is 0.269. The lowest BCUT2D eigenvalue weighted by Crippen LogP contribution is -2.40. The summed E-state index contributed by atoms with van der Waals surface area (Å²) < 4.78 is 14.2. The van der Waals surface area contributed by atoms with Crippen molar-refractivity contribution in [3.8, 4) is 5.75 Å². The molecule has 9 heteroatoms. The van der Waals surface area contributed by atoms with E-state index in [4.69, 9.17) is 26.1 Å². The number of carbonyl (C=O) groups is 1. The second-order valence-corrected chi connectivity index (χ2v) is 11.4. The van der Waals surface area contributed by atoms with Gasteiger partial charge in [-0.1, -0.05) is 78.4 Å². The molecule has 0 saturated heterocycles. The van der Waals surface area contributed by atoms with Crippen LogP contribution in [0.4, 0.5) is 0 Å². The average Bonchev–Trinajstić information content (AvgIpc) is 3.26. The van der Waals surface area contributed by atoms with E-state index in [0.717, 1.165) is 26.0 Å². The van der Waals surface area contributed by atoms with Crippen LogP contribution in [0.1, 0.15) is 36.1 Å². The summed E-state index contributed by atoms with van der Waals surface area (Å²) in [6.45, 7) is 2.36. The standard InChI is InChI=1S/C30H24ClIN2O4S/c1-3-23-26(29(36)37-2)27(20-7-5-4-6-8-20)34-28(35)25(39-30(34)33-23)16-19-11-14-24(22(32)15-19)38-17-18-9-12-21(31)13-10-18/h4-16,27H,3,17H2,1-2H3/b25-16-/t27-/m1/s1. The molecule has 3 aromatic carbocycles. The molecule has 0 spiro atoms. The van der Waals surface area contributed by atoms with Gasteiger partial charge in [-0.25, -0.2) is 9.79 Å². The minimum atomic E-state index is -0.615. The number of nitrogens with zero attached hydrogens (tertiary/aromatic N) is 2. The number of halogens is 2. The van der Waals surface area contributed by atoms with Crippen LogP contribution in [0.25, 0.3) is 6.08 Å². The number of carbonyl (C=O) groups excluding carboxylic acids is 1. The molecule has 0 saturated carbocycles. The van der Waals surface area contributed by atoms with E-state index in [1.165, 1.54) is 18.4 Å². The Morgan fingerprint density at radius 1 is 1.13 bits per heavy atom. The number of benzene rings is 3. The van der Waals surface area contributed by atoms with E-state index in [1.807, 2.05) is 85.8 Å². The van der Waals surface area contributed by atoms with Crippen LogP contribution in [0.2, 0.25) is 5.02 Å². The number of thiazole rings is 1. The van der Waals surface area contributed by atoms with Crippen molar-refractivity contribution < 1.29 is 14.3 Å². The first-order chi connectivity index (χ1) is 18.9. The van der Waals surface area contributed by atoms with E-state index < -0.39 is 12.0 Å². The first-order valence-corrected chi connectivity index (χ1v) is 14.5. The molecule has 39 heavy (non-hydrogen) atoms. The van der Waals surface area contributed by atoms with Crippen LogP contribution in [0, 0.1) is 3.57 Å². The van der Waals surface area contributed by atoms with E-state index in [-0.39, 0.29) is 5.56 Å². The Kier molecular flexibility index (Phi) is 8.34. The maximum absolute atomic E-state index is 13.8. The Morgan fingerprint density at radius 3 is 2.54 bits per heavy atom. The molecular weight excluding hydrogens is 647 g/mol. The monoisotopic (exact) mass is 670 g/mol. The second-order valence-electron chi connectivity index (χ2n) is 8.80. The first-order valence-electron chi connectivity index (χ1n) is 12.2. The molecule has 1 aliphatic heterocycles. The zero-order valence-electron chi connectivity index (χ0n) is 21.2. The predicted octanol–water partition coefficient (Wildman–Crippen LogP) is 5.64. The maximum atomic E-state index is 13.8. The molecule has 1 aliphatic rings. The molecule has 0 radical (unpaired) electrons. The average molecular weight is 671 g/mol. The van der Waals surface area contributed by atoms with Crippen molar-refractivity contribution >= 4 is 57.6 Å². The summed E-state index contributed by atoms with van der Waals surface area (Å²) in [5, 5.41) is 0.686. The highest BCUT2D eigenvalue weighted by Gasteiger charge is 2.33. The predicted molar refractivity (Wildman–Crippen MR) is 162 cm³/mol. The quantitative estimate of drug-likeness (QED) is 0.189. The lowest BCUT2D eigenvalue weighted by atomic mass is 9.95. The molecule has 0 bridgehead atoms. The summed E-state index contributed by atoms with van der Waals surface area (Å²) in [7, 11) is 1.35. The fourth-order valence-corrected chi connectivity index (χ4v) is 6.27. The number of hydrogen-bond acceptors (Lipinski definition) is 6. The molecule has 198 valence electrons. The number of allylic oxidation sites excluding steroid dienone is 1. The van der Waals surface area contributed by atoms with Crippen molar-refractivity contribution in [1.82, 2.24) is 4.57 Å². The van der Waals surface area contributed by atoms with E-state index in [1.54, 1.807) is 4.57 Å². The van der Waals surface area contributed by atoms with Crippen LogP contribution in [0.15, 0.2) is 93.9 Å². The lowest BCUT2D eigenvalue weighted by Gasteiger charge is -2.25. The highest BCUT2D eigenvalue weighted by molar-refractivity contribution is 14.1. The molecule has 1 atom stereocenters.